The van der Waals surface area contributed by atoms with E-state index in [1.54, 1.807) is 0 Å². The lowest BCUT2D eigenvalue weighted by atomic mass is 9.88. The third-order valence-corrected chi connectivity index (χ3v) is 4.50. The Kier molecular flexibility index (Phi) is 4.83. The number of nitrogens with zero attached hydrogens (tertiary/aromatic N) is 1. The summed E-state index contributed by atoms with van der Waals surface area (Å²) in [6.07, 6.45) is 5.68. The van der Waals surface area contributed by atoms with E-state index in [4.69, 9.17) is 4.74 Å². The number of nitrogens with one attached hydrogen (secondary N) is 1. The fraction of sp³-hybridized carbons (Fsp3) is 1.00. The summed E-state index contributed by atoms with van der Waals surface area (Å²) in [4.78, 5) is 2.76. The van der Waals surface area contributed by atoms with Crippen molar-refractivity contribution in [2.75, 3.05) is 26.7 Å². The van der Waals surface area contributed by atoms with Crippen LogP contribution in [0.4, 0.5) is 0 Å². The molecule has 0 amide bonds. The summed E-state index contributed by atoms with van der Waals surface area (Å²) >= 11 is 0. The van der Waals surface area contributed by atoms with E-state index in [1.165, 1.54) is 32.2 Å². The molecule has 1 aliphatic carbocycles. The molecule has 0 aromatic rings. The van der Waals surface area contributed by atoms with Crippen molar-refractivity contribution in [2.24, 2.45) is 5.92 Å². The zero-order valence-corrected chi connectivity index (χ0v) is 11.6. The SMILES string of the molecule is COC1CCCC(N2CCNCC2C(C)C)C1. The van der Waals surface area contributed by atoms with Crippen LogP contribution < -0.4 is 5.32 Å². The van der Waals surface area contributed by atoms with Crippen molar-refractivity contribution in [1.82, 2.24) is 10.2 Å². The first-order chi connectivity index (χ1) is 8.22. The lowest BCUT2D eigenvalue weighted by Crippen LogP contribution is -2.58. The Hall–Kier alpha value is -0.120. The summed E-state index contributed by atoms with van der Waals surface area (Å²) in [5.41, 5.74) is 0. The first kappa shape index (κ1) is 13.3. The van der Waals surface area contributed by atoms with E-state index in [-0.39, 0.29) is 0 Å². The molecule has 1 aliphatic heterocycles. The Morgan fingerprint density at radius 3 is 2.82 bits per heavy atom. The monoisotopic (exact) mass is 240 g/mol. The fourth-order valence-corrected chi connectivity index (χ4v) is 3.45. The Morgan fingerprint density at radius 1 is 1.29 bits per heavy atom. The van der Waals surface area contributed by atoms with Gasteiger partial charge in [-0.15, -0.1) is 0 Å². The summed E-state index contributed by atoms with van der Waals surface area (Å²) in [6, 6.07) is 1.47. The van der Waals surface area contributed by atoms with Crippen LogP contribution >= 0.6 is 0 Å². The van der Waals surface area contributed by atoms with E-state index in [9.17, 15) is 0 Å². The third kappa shape index (κ3) is 3.21. The minimum Gasteiger partial charge on any atom is -0.381 e. The quantitative estimate of drug-likeness (QED) is 0.815. The van der Waals surface area contributed by atoms with Crippen LogP contribution in [0.3, 0.4) is 0 Å². The number of ether oxygens (including phenoxy) is 1. The first-order valence-electron chi connectivity index (χ1n) is 7.21. The van der Waals surface area contributed by atoms with E-state index in [1.807, 2.05) is 7.11 Å². The lowest BCUT2D eigenvalue weighted by Gasteiger charge is -2.46. The Bertz CT molecular complexity index is 232. The van der Waals surface area contributed by atoms with Gasteiger partial charge in [-0.3, -0.25) is 4.90 Å². The maximum Gasteiger partial charge on any atom is 0.0586 e. The molecule has 3 unspecified atom stereocenters. The molecule has 2 fully saturated rings. The van der Waals surface area contributed by atoms with Gasteiger partial charge in [-0.2, -0.15) is 0 Å². The van der Waals surface area contributed by atoms with E-state index in [0.717, 1.165) is 25.0 Å². The van der Waals surface area contributed by atoms with Crippen LogP contribution in [0.1, 0.15) is 39.5 Å². The normalized spacial score (nSPS) is 36.4. The highest BCUT2D eigenvalue weighted by Gasteiger charge is 2.33. The van der Waals surface area contributed by atoms with Gasteiger partial charge >= 0.3 is 0 Å². The Labute approximate surface area is 106 Å². The fourth-order valence-electron chi connectivity index (χ4n) is 3.45. The van der Waals surface area contributed by atoms with Crippen molar-refractivity contribution in [3.8, 4) is 0 Å². The summed E-state index contributed by atoms with van der Waals surface area (Å²) in [5.74, 6) is 0.741. The van der Waals surface area contributed by atoms with E-state index >= 15 is 0 Å². The molecule has 17 heavy (non-hydrogen) atoms. The summed E-state index contributed by atoms with van der Waals surface area (Å²) in [7, 11) is 1.87. The van der Waals surface area contributed by atoms with Crippen LogP contribution in [0, 0.1) is 5.92 Å². The highest BCUT2D eigenvalue weighted by Crippen LogP contribution is 2.28. The predicted molar refractivity (Wildman–Crippen MR) is 71.3 cm³/mol. The predicted octanol–water partition coefficient (Wildman–Crippen LogP) is 1.87. The summed E-state index contributed by atoms with van der Waals surface area (Å²) < 4.78 is 5.57. The van der Waals surface area contributed by atoms with Gasteiger partial charge in [0.25, 0.3) is 0 Å². The van der Waals surface area contributed by atoms with Gasteiger partial charge in [-0.25, -0.2) is 0 Å². The molecule has 2 rings (SSSR count). The van der Waals surface area contributed by atoms with Gasteiger partial charge in [-0.05, 0) is 31.6 Å². The van der Waals surface area contributed by atoms with Crippen molar-refractivity contribution in [3.05, 3.63) is 0 Å². The zero-order valence-electron chi connectivity index (χ0n) is 11.6. The highest BCUT2D eigenvalue weighted by atomic mass is 16.5. The average molecular weight is 240 g/mol. The summed E-state index contributed by atoms with van der Waals surface area (Å²) in [5, 5.41) is 3.54. The topological polar surface area (TPSA) is 24.5 Å². The van der Waals surface area contributed by atoms with Crippen molar-refractivity contribution in [1.29, 1.82) is 0 Å². The van der Waals surface area contributed by atoms with Crippen LogP contribution in [0.25, 0.3) is 0 Å². The van der Waals surface area contributed by atoms with Crippen LogP contribution in [-0.2, 0) is 4.74 Å². The van der Waals surface area contributed by atoms with Gasteiger partial charge in [0.15, 0.2) is 0 Å². The molecule has 1 N–H and O–H groups in total. The van der Waals surface area contributed by atoms with Gasteiger partial charge < -0.3 is 10.1 Å². The van der Waals surface area contributed by atoms with Gasteiger partial charge in [0, 0.05) is 38.8 Å². The van der Waals surface area contributed by atoms with E-state index in [2.05, 4.69) is 24.1 Å². The molecule has 0 radical (unpaired) electrons. The molecular formula is C14H28N2O. The minimum absolute atomic E-state index is 0.497. The van der Waals surface area contributed by atoms with Gasteiger partial charge in [0.1, 0.15) is 0 Å². The molecule has 3 atom stereocenters. The third-order valence-electron chi connectivity index (χ3n) is 4.50. The van der Waals surface area contributed by atoms with Gasteiger partial charge in [-0.1, -0.05) is 13.8 Å². The smallest absolute Gasteiger partial charge is 0.0586 e. The number of hydrogen-bond donors (Lipinski definition) is 1. The van der Waals surface area contributed by atoms with Crippen molar-refractivity contribution in [2.45, 2.75) is 57.7 Å². The lowest BCUT2D eigenvalue weighted by molar-refractivity contribution is -0.00147. The second-order valence-corrected chi connectivity index (χ2v) is 5.93. The first-order valence-corrected chi connectivity index (χ1v) is 7.21. The van der Waals surface area contributed by atoms with Crippen molar-refractivity contribution >= 4 is 0 Å². The molecular weight excluding hydrogens is 212 g/mol. The number of methoxy groups -OCH3 is 1. The number of hydrogen-bond acceptors (Lipinski definition) is 3. The van der Waals surface area contributed by atoms with E-state index < -0.39 is 0 Å². The largest absolute Gasteiger partial charge is 0.381 e. The second kappa shape index (κ2) is 6.17. The molecule has 0 aromatic heterocycles. The minimum atomic E-state index is 0.497. The molecule has 100 valence electrons. The van der Waals surface area contributed by atoms with Crippen LogP contribution in [0.15, 0.2) is 0 Å². The molecule has 1 heterocycles. The van der Waals surface area contributed by atoms with Crippen molar-refractivity contribution in [3.63, 3.8) is 0 Å². The molecule has 0 spiro atoms. The standard InChI is InChI=1S/C14H28N2O/c1-11(2)14-10-15-7-8-16(14)12-5-4-6-13(9-12)17-3/h11-15H,4-10H2,1-3H3. The van der Waals surface area contributed by atoms with Gasteiger partial charge in [0.05, 0.1) is 6.10 Å². The second-order valence-electron chi connectivity index (χ2n) is 5.93. The molecule has 0 aromatic carbocycles. The number of piperazine rings is 1. The maximum atomic E-state index is 5.57. The molecule has 1 saturated heterocycles. The number of rotatable bonds is 3. The van der Waals surface area contributed by atoms with Gasteiger partial charge in [0.2, 0.25) is 0 Å². The van der Waals surface area contributed by atoms with Crippen molar-refractivity contribution < 1.29 is 4.74 Å². The average Bonchev–Trinajstić information content (AvgIpc) is 2.39. The molecule has 3 heteroatoms. The highest BCUT2D eigenvalue weighted by molar-refractivity contribution is 4.89. The summed E-state index contributed by atoms with van der Waals surface area (Å²) in [6.45, 7) is 8.22. The maximum absolute atomic E-state index is 5.57. The molecule has 2 aliphatic rings. The van der Waals surface area contributed by atoms with Crippen LogP contribution in [-0.4, -0.2) is 49.8 Å². The zero-order chi connectivity index (χ0) is 12.3. The Balaban J connectivity index is 1.98. The van der Waals surface area contributed by atoms with Crippen LogP contribution in [0.5, 0.6) is 0 Å². The van der Waals surface area contributed by atoms with E-state index in [0.29, 0.717) is 12.1 Å². The molecule has 3 nitrogen and oxygen atoms in total. The molecule has 1 saturated carbocycles. The van der Waals surface area contributed by atoms with Crippen LogP contribution in [0.2, 0.25) is 0 Å². The Morgan fingerprint density at radius 2 is 2.12 bits per heavy atom. The molecule has 0 bridgehead atoms.